The van der Waals surface area contributed by atoms with E-state index in [1.54, 1.807) is 11.8 Å². The van der Waals surface area contributed by atoms with Gasteiger partial charge in [0, 0.05) is 18.7 Å². The minimum atomic E-state index is -0.501. The van der Waals surface area contributed by atoms with Crippen LogP contribution < -0.4 is 0 Å². The number of carbonyl (C=O) groups is 1. The molecule has 1 amide bonds. The smallest absolute Gasteiger partial charge is 0.240 e. The minimum absolute atomic E-state index is 0.0326. The minimum Gasteiger partial charge on any atom is -0.341 e. The van der Waals surface area contributed by atoms with E-state index in [0.717, 1.165) is 30.5 Å². The molecule has 1 aliphatic heterocycles. The normalized spacial score (nSPS) is 19.6. The standard InChI is InChI=1S/C17H20ClN3O2/c1-11-5-3-6-13(9-11)15-19-16(23-20-15)14-7-4-8-21(10-14)17(22)12(2)18/h3,5-6,9,12,14H,4,7-8,10H2,1-2H3. The Morgan fingerprint density at radius 1 is 1.48 bits per heavy atom. The van der Waals surface area contributed by atoms with Gasteiger partial charge in [-0.1, -0.05) is 28.9 Å². The fraction of sp³-hybridized carbons (Fsp3) is 0.471. The lowest BCUT2D eigenvalue weighted by atomic mass is 9.97. The Balaban J connectivity index is 1.76. The van der Waals surface area contributed by atoms with Crippen LogP contribution in [0.2, 0.25) is 0 Å². The average molecular weight is 334 g/mol. The van der Waals surface area contributed by atoms with Crippen LogP contribution in [0.5, 0.6) is 0 Å². The number of benzene rings is 1. The molecule has 5 nitrogen and oxygen atoms in total. The fourth-order valence-electron chi connectivity index (χ4n) is 2.93. The van der Waals surface area contributed by atoms with Gasteiger partial charge in [0.25, 0.3) is 0 Å². The summed E-state index contributed by atoms with van der Waals surface area (Å²) < 4.78 is 5.45. The van der Waals surface area contributed by atoms with Crippen LogP contribution in [-0.2, 0) is 4.79 Å². The van der Waals surface area contributed by atoms with Gasteiger partial charge in [-0.2, -0.15) is 4.98 Å². The summed E-state index contributed by atoms with van der Waals surface area (Å²) in [6.07, 6.45) is 1.86. The second kappa shape index (κ2) is 6.71. The van der Waals surface area contributed by atoms with Crippen molar-refractivity contribution in [1.82, 2.24) is 15.0 Å². The number of amides is 1. The van der Waals surface area contributed by atoms with Gasteiger partial charge in [0.1, 0.15) is 5.38 Å². The number of aryl methyl sites for hydroxylation is 1. The first-order valence-electron chi connectivity index (χ1n) is 7.88. The maximum absolute atomic E-state index is 12.1. The topological polar surface area (TPSA) is 59.2 Å². The predicted molar refractivity (Wildman–Crippen MR) is 88.3 cm³/mol. The van der Waals surface area contributed by atoms with Gasteiger partial charge in [-0.15, -0.1) is 11.6 Å². The number of rotatable bonds is 3. The van der Waals surface area contributed by atoms with Crippen LogP contribution in [-0.4, -0.2) is 39.4 Å². The zero-order valence-electron chi connectivity index (χ0n) is 13.3. The Kier molecular flexibility index (Phi) is 4.66. The van der Waals surface area contributed by atoms with Crippen LogP contribution in [0.3, 0.4) is 0 Å². The van der Waals surface area contributed by atoms with Gasteiger partial charge >= 0.3 is 0 Å². The van der Waals surface area contributed by atoms with E-state index in [1.807, 2.05) is 31.2 Å². The van der Waals surface area contributed by atoms with Crippen molar-refractivity contribution in [3.8, 4) is 11.4 Å². The van der Waals surface area contributed by atoms with Gasteiger partial charge < -0.3 is 9.42 Å². The molecule has 122 valence electrons. The summed E-state index contributed by atoms with van der Waals surface area (Å²) in [6.45, 7) is 5.06. The number of hydrogen-bond donors (Lipinski definition) is 0. The summed E-state index contributed by atoms with van der Waals surface area (Å²) in [7, 11) is 0. The van der Waals surface area contributed by atoms with Gasteiger partial charge in [0.05, 0.1) is 5.92 Å². The van der Waals surface area contributed by atoms with Gasteiger partial charge in [0.15, 0.2) is 0 Å². The Bertz CT molecular complexity index is 699. The summed E-state index contributed by atoms with van der Waals surface area (Å²) in [6, 6.07) is 8.00. The molecular weight excluding hydrogens is 314 g/mol. The lowest BCUT2D eigenvalue weighted by Crippen LogP contribution is -2.42. The molecule has 2 unspecified atom stereocenters. The molecule has 0 saturated carbocycles. The third-order valence-electron chi connectivity index (χ3n) is 4.14. The molecule has 1 saturated heterocycles. The molecule has 1 fully saturated rings. The van der Waals surface area contributed by atoms with E-state index in [1.165, 1.54) is 0 Å². The number of aromatic nitrogens is 2. The van der Waals surface area contributed by atoms with Crippen molar-refractivity contribution < 1.29 is 9.32 Å². The summed E-state index contributed by atoms with van der Waals surface area (Å²) in [4.78, 5) is 18.4. The van der Waals surface area contributed by atoms with Crippen LogP contribution >= 0.6 is 11.6 Å². The SMILES string of the molecule is Cc1cccc(-c2noc(C3CCCN(C(=O)C(C)Cl)C3)n2)c1. The van der Waals surface area contributed by atoms with Crippen molar-refractivity contribution in [3.63, 3.8) is 0 Å². The lowest BCUT2D eigenvalue weighted by molar-refractivity contribution is -0.131. The quantitative estimate of drug-likeness (QED) is 0.808. The van der Waals surface area contributed by atoms with E-state index >= 15 is 0 Å². The molecular formula is C17H20ClN3O2. The van der Waals surface area contributed by atoms with E-state index in [-0.39, 0.29) is 11.8 Å². The summed E-state index contributed by atoms with van der Waals surface area (Å²) >= 11 is 5.91. The molecule has 3 rings (SSSR count). The van der Waals surface area contributed by atoms with Gasteiger partial charge in [-0.05, 0) is 32.8 Å². The zero-order valence-corrected chi connectivity index (χ0v) is 14.1. The number of nitrogens with zero attached hydrogens (tertiary/aromatic N) is 3. The molecule has 2 atom stereocenters. The number of alkyl halides is 1. The van der Waals surface area contributed by atoms with Gasteiger partial charge in [-0.3, -0.25) is 4.79 Å². The van der Waals surface area contributed by atoms with Crippen molar-refractivity contribution in [2.45, 2.75) is 38.0 Å². The Labute approximate surface area is 140 Å². The number of hydrogen-bond acceptors (Lipinski definition) is 4. The molecule has 1 aromatic heterocycles. The van der Waals surface area contributed by atoms with Crippen molar-refractivity contribution in [1.29, 1.82) is 0 Å². The van der Waals surface area contributed by atoms with E-state index in [4.69, 9.17) is 16.1 Å². The summed E-state index contributed by atoms with van der Waals surface area (Å²) in [5.74, 6) is 1.24. The largest absolute Gasteiger partial charge is 0.341 e. The average Bonchev–Trinajstić information content (AvgIpc) is 3.04. The third-order valence-corrected chi connectivity index (χ3v) is 4.33. The van der Waals surface area contributed by atoms with Gasteiger partial charge in [-0.25, -0.2) is 0 Å². The highest BCUT2D eigenvalue weighted by Gasteiger charge is 2.30. The first-order valence-corrected chi connectivity index (χ1v) is 8.31. The van der Waals surface area contributed by atoms with Crippen molar-refractivity contribution in [2.75, 3.05) is 13.1 Å². The lowest BCUT2D eigenvalue weighted by Gasteiger charge is -2.31. The molecule has 0 spiro atoms. The molecule has 0 radical (unpaired) electrons. The highest BCUT2D eigenvalue weighted by Crippen LogP contribution is 2.28. The monoisotopic (exact) mass is 333 g/mol. The Morgan fingerprint density at radius 2 is 2.30 bits per heavy atom. The molecule has 2 heterocycles. The number of carbonyl (C=O) groups excluding carboxylic acids is 1. The number of likely N-dealkylation sites (tertiary alicyclic amines) is 1. The summed E-state index contributed by atoms with van der Waals surface area (Å²) in [5, 5.41) is 3.59. The molecule has 23 heavy (non-hydrogen) atoms. The maximum Gasteiger partial charge on any atom is 0.240 e. The number of piperidine rings is 1. The Morgan fingerprint density at radius 3 is 3.04 bits per heavy atom. The van der Waals surface area contributed by atoms with Crippen molar-refractivity contribution in [3.05, 3.63) is 35.7 Å². The van der Waals surface area contributed by atoms with E-state index < -0.39 is 5.38 Å². The Hall–Kier alpha value is -1.88. The van der Waals surface area contributed by atoms with Crippen LogP contribution in [0.15, 0.2) is 28.8 Å². The second-order valence-corrected chi connectivity index (χ2v) is 6.72. The highest BCUT2D eigenvalue weighted by atomic mass is 35.5. The molecule has 0 bridgehead atoms. The molecule has 0 aliphatic carbocycles. The van der Waals surface area contributed by atoms with Crippen LogP contribution in [0.1, 0.15) is 37.1 Å². The molecule has 0 N–H and O–H groups in total. The first kappa shape index (κ1) is 16.0. The second-order valence-electron chi connectivity index (χ2n) is 6.07. The van der Waals surface area contributed by atoms with E-state index in [2.05, 4.69) is 10.1 Å². The fourth-order valence-corrected chi connectivity index (χ4v) is 3.07. The number of halogens is 1. The summed E-state index contributed by atoms with van der Waals surface area (Å²) in [5.41, 5.74) is 2.09. The molecule has 1 aromatic carbocycles. The van der Waals surface area contributed by atoms with Crippen LogP contribution in [0, 0.1) is 6.92 Å². The first-order chi connectivity index (χ1) is 11.0. The predicted octanol–water partition coefficient (Wildman–Crippen LogP) is 3.38. The maximum atomic E-state index is 12.1. The molecule has 2 aromatic rings. The third kappa shape index (κ3) is 3.55. The van der Waals surface area contributed by atoms with Crippen LogP contribution in [0.25, 0.3) is 11.4 Å². The van der Waals surface area contributed by atoms with Crippen LogP contribution in [0.4, 0.5) is 0 Å². The van der Waals surface area contributed by atoms with Crippen molar-refractivity contribution in [2.24, 2.45) is 0 Å². The zero-order chi connectivity index (χ0) is 16.4. The van der Waals surface area contributed by atoms with Gasteiger partial charge in [0.2, 0.25) is 17.6 Å². The molecule has 1 aliphatic rings. The van der Waals surface area contributed by atoms with Crippen molar-refractivity contribution >= 4 is 17.5 Å². The highest BCUT2D eigenvalue weighted by molar-refractivity contribution is 6.30. The molecule has 6 heteroatoms. The van der Waals surface area contributed by atoms with E-state index in [0.29, 0.717) is 18.3 Å². The van der Waals surface area contributed by atoms with E-state index in [9.17, 15) is 4.79 Å².